The quantitative estimate of drug-likeness (QED) is 0.669. The van der Waals surface area contributed by atoms with Crippen molar-refractivity contribution in [2.75, 3.05) is 7.11 Å². The van der Waals surface area contributed by atoms with E-state index >= 15 is 0 Å². The van der Waals surface area contributed by atoms with Crippen LogP contribution in [-0.2, 0) is 12.8 Å². The minimum atomic E-state index is 0.0845. The molecule has 1 aliphatic carbocycles. The molecule has 0 bridgehead atoms. The van der Waals surface area contributed by atoms with E-state index in [9.17, 15) is 0 Å². The topological polar surface area (TPSA) is 59.1 Å². The number of methoxy groups -OCH3 is 1. The Hall–Kier alpha value is -1.94. The van der Waals surface area contributed by atoms with Gasteiger partial charge >= 0.3 is 0 Å². The molecule has 0 aliphatic heterocycles. The summed E-state index contributed by atoms with van der Waals surface area (Å²) in [5, 5.41) is 7.72. The highest BCUT2D eigenvalue weighted by molar-refractivity contribution is 7.99. The fourth-order valence-corrected chi connectivity index (χ4v) is 3.73. The van der Waals surface area contributed by atoms with Gasteiger partial charge in [-0.3, -0.25) is 5.41 Å². The minimum absolute atomic E-state index is 0.0845. The fourth-order valence-electron chi connectivity index (χ4n) is 2.68. The highest BCUT2D eigenvalue weighted by Gasteiger charge is 2.13. The van der Waals surface area contributed by atoms with Gasteiger partial charge in [0.25, 0.3) is 0 Å². The number of benzene rings is 2. The zero-order valence-corrected chi connectivity index (χ0v) is 12.8. The predicted octanol–water partition coefficient (Wildman–Crippen LogP) is 3.62. The highest BCUT2D eigenvalue weighted by Crippen LogP contribution is 2.35. The molecule has 1 aliphatic rings. The van der Waals surface area contributed by atoms with Crippen LogP contribution in [0.5, 0.6) is 5.75 Å². The summed E-state index contributed by atoms with van der Waals surface area (Å²) in [6.07, 6.45) is 3.61. The van der Waals surface area contributed by atoms with E-state index in [0.717, 1.165) is 16.2 Å². The molecule has 2 aromatic carbocycles. The van der Waals surface area contributed by atoms with Crippen molar-refractivity contribution in [2.24, 2.45) is 5.73 Å². The van der Waals surface area contributed by atoms with E-state index in [4.69, 9.17) is 15.9 Å². The first-order valence-corrected chi connectivity index (χ1v) is 7.81. The van der Waals surface area contributed by atoms with Gasteiger partial charge < -0.3 is 10.5 Å². The van der Waals surface area contributed by atoms with Crippen LogP contribution < -0.4 is 10.5 Å². The Morgan fingerprint density at radius 1 is 1.14 bits per heavy atom. The molecule has 4 heteroatoms. The summed E-state index contributed by atoms with van der Waals surface area (Å²) in [6, 6.07) is 12.3. The van der Waals surface area contributed by atoms with Crippen LogP contribution >= 0.6 is 11.8 Å². The molecular weight excluding hydrogens is 280 g/mol. The Bertz CT molecular complexity index is 697. The average Bonchev–Trinajstić information content (AvgIpc) is 2.94. The zero-order valence-electron chi connectivity index (χ0n) is 12.0. The molecule has 0 spiro atoms. The second-order valence-corrected chi connectivity index (χ2v) is 6.28. The molecular formula is C17H18N2OS. The van der Waals surface area contributed by atoms with Gasteiger partial charge in [-0.15, -0.1) is 0 Å². The summed E-state index contributed by atoms with van der Waals surface area (Å²) in [7, 11) is 1.65. The van der Waals surface area contributed by atoms with E-state index in [1.807, 2.05) is 18.2 Å². The van der Waals surface area contributed by atoms with Crippen molar-refractivity contribution in [1.82, 2.24) is 0 Å². The number of nitrogens with one attached hydrogen (secondary N) is 1. The molecule has 0 saturated carbocycles. The summed E-state index contributed by atoms with van der Waals surface area (Å²) in [5.41, 5.74) is 9.35. The first-order chi connectivity index (χ1) is 10.2. The number of amidine groups is 1. The van der Waals surface area contributed by atoms with Gasteiger partial charge in [0.2, 0.25) is 0 Å². The van der Waals surface area contributed by atoms with Gasteiger partial charge in [0.15, 0.2) is 0 Å². The van der Waals surface area contributed by atoms with Crippen molar-refractivity contribution >= 4 is 17.6 Å². The Kier molecular flexibility index (Phi) is 3.88. The van der Waals surface area contributed by atoms with Gasteiger partial charge in [-0.1, -0.05) is 17.8 Å². The Balaban J connectivity index is 1.95. The third kappa shape index (κ3) is 2.90. The number of rotatable bonds is 4. The largest absolute Gasteiger partial charge is 0.497 e. The fraction of sp³-hybridized carbons (Fsp3) is 0.235. The van der Waals surface area contributed by atoms with Crippen LogP contribution in [0.15, 0.2) is 46.2 Å². The minimum Gasteiger partial charge on any atom is -0.497 e. The van der Waals surface area contributed by atoms with Crippen LogP contribution in [0.4, 0.5) is 0 Å². The van der Waals surface area contributed by atoms with E-state index in [0.29, 0.717) is 0 Å². The lowest BCUT2D eigenvalue weighted by atomic mass is 10.1. The van der Waals surface area contributed by atoms with Crippen LogP contribution in [0, 0.1) is 5.41 Å². The van der Waals surface area contributed by atoms with E-state index in [1.54, 1.807) is 18.9 Å². The molecule has 3 N–H and O–H groups in total. The van der Waals surface area contributed by atoms with E-state index in [1.165, 1.54) is 35.3 Å². The molecule has 0 aromatic heterocycles. The summed E-state index contributed by atoms with van der Waals surface area (Å²) < 4.78 is 5.28. The molecule has 0 unspecified atom stereocenters. The van der Waals surface area contributed by atoms with Crippen LogP contribution in [-0.4, -0.2) is 12.9 Å². The number of fused-ring (bicyclic) bond motifs is 1. The molecule has 0 atom stereocenters. The maximum absolute atomic E-state index is 7.72. The second kappa shape index (κ2) is 5.82. The lowest BCUT2D eigenvalue weighted by molar-refractivity contribution is 0.413. The maximum Gasteiger partial charge on any atom is 0.123 e. The molecule has 0 amide bonds. The molecule has 0 heterocycles. The lowest BCUT2D eigenvalue weighted by Crippen LogP contribution is -2.12. The van der Waals surface area contributed by atoms with Crippen LogP contribution in [0.3, 0.4) is 0 Å². The summed E-state index contributed by atoms with van der Waals surface area (Å²) in [5.74, 6) is 0.866. The number of hydrogen-bond acceptors (Lipinski definition) is 3. The zero-order chi connectivity index (χ0) is 14.8. The first-order valence-electron chi connectivity index (χ1n) is 6.99. The van der Waals surface area contributed by atoms with Gasteiger partial charge in [0.05, 0.1) is 7.11 Å². The number of ether oxygens (including phenoxy) is 1. The number of hydrogen-bond donors (Lipinski definition) is 2. The maximum atomic E-state index is 7.72. The molecule has 0 fully saturated rings. The summed E-state index contributed by atoms with van der Waals surface area (Å²) >= 11 is 1.64. The first kappa shape index (κ1) is 14.0. The van der Waals surface area contributed by atoms with Gasteiger partial charge in [-0.05, 0) is 60.7 Å². The van der Waals surface area contributed by atoms with Gasteiger partial charge in [-0.2, -0.15) is 0 Å². The predicted molar refractivity (Wildman–Crippen MR) is 86.6 cm³/mol. The molecule has 2 aromatic rings. The standard InChI is InChI=1S/C17H18N2OS/c1-20-13-6-8-15(17(18)19)16(10-13)21-14-7-5-11-3-2-4-12(11)9-14/h5-10H,2-4H2,1H3,(H3,18,19). The van der Waals surface area contributed by atoms with Crippen molar-refractivity contribution in [3.8, 4) is 5.75 Å². The van der Waals surface area contributed by atoms with Gasteiger partial charge in [0, 0.05) is 15.4 Å². The average molecular weight is 298 g/mol. The smallest absolute Gasteiger partial charge is 0.123 e. The van der Waals surface area contributed by atoms with E-state index in [-0.39, 0.29) is 5.84 Å². The van der Waals surface area contributed by atoms with Crippen molar-refractivity contribution in [2.45, 2.75) is 29.1 Å². The third-order valence-corrected chi connectivity index (χ3v) is 4.82. The van der Waals surface area contributed by atoms with E-state index < -0.39 is 0 Å². The Labute approximate surface area is 129 Å². The Morgan fingerprint density at radius 3 is 2.71 bits per heavy atom. The SMILES string of the molecule is COc1ccc(C(=N)N)c(Sc2ccc3c(c2)CCC3)c1. The number of nitrogens with two attached hydrogens (primary N) is 1. The third-order valence-electron chi connectivity index (χ3n) is 3.78. The molecule has 0 radical (unpaired) electrons. The van der Waals surface area contributed by atoms with Crippen molar-refractivity contribution < 1.29 is 4.74 Å². The normalized spacial score (nSPS) is 13.0. The number of aryl methyl sites for hydroxylation is 2. The summed E-state index contributed by atoms with van der Waals surface area (Å²) in [4.78, 5) is 2.14. The molecule has 3 rings (SSSR count). The molecule has 0 saturated heterocycles. The van der Waals surface area contributed by atoms with E-state index in [2.05, 4.69) is 18.2 Å². The van der Waals surface area contributed by atoms with Crippen molar-refractivity contribution in [3.05, 3.63) is 53.1 Å². The Morgan fingerprint density at radius 2 is 1.95 bits per heavy atom. The van der Waals surface area contributed by atoms with Crippen LogP contribution in [0.1, 0.15) is 23.1 Å². The van der Waals surface area contributed by atoms with Crippen LogP contribution in [0.2, 0.25) is 0 Å². The molecule has 21 heavy (non-hydrogen) atoms. The van der Waals surface area contributed by atoms with Crippen molar-refractivity contribution in [3.63, 3.8) is 0 Å². The molecule has 3 nitrogen and oxygen atoms in total. The van der Waals surface area contributed by atoms with Gasteiger partial charge in [0.1, 0.15) is 11.6 Å². The van der Waals surface area contributed by atoms with Crippen molar-refractivity contribution in [1.29, 1.82) is 5.41 Å². The number of nitrogen functional groups attached to an aromatic ring is 1. The van der Waals surface area contributed by atoms with Gasteiger partial charge in [-0.25, -0.2) is 0 Å². The summed E-state index contributed by atoms with van der Waals surface area (Å²) in [6.45, 7) is 0. The monoisotopic (exact) mass is 298 g/mol. The second-order valence-electron chi connectivity index (χ2n) is 5.16. The lowest BCUT2D eigenvalue weighted by Gasteiger charge is -2.11. The molecule has 108 valence electrons. The highest BCUT2D eigenvalue weighted by atomic mass is 32.2. The van der Waals surface area contributed by atoms with Crippen LogP contribution in [0.25, 0.3) is 0 Å².